The van der Waals surface area contributed by atoms with Crippen LogP contribution in [0.25, 0.3) is 0 Å². The summed E-state index contributed by atoms with van der Waals surface area (Å²) in [5.74, 6) is 0.384. The molecular weight excluding hydrogens is 306 g/mol. The van der Waals surface area contributed by atoms with Crippen LogP contribution in [-0.2, 0) is 17.8 Å². The monoisotopic (exact) mass is 336 g/mol. The molecule has 2 aromatic rings. The molecule has 2 heteroatoms. The Balaban J connectivity index is 1.75. The zero-order valence-corrected chi connectivity index (χ0v) is 15.6. The Hall–Kier alpha value is -1.93. The first-order valence-corrected chi connectivity index (χ1v) is 9.54. The molecule has 2 aromatic carbocycles. The lowest BCUT2D eigenvalue weighted by molar-refractivity contribution is -0.937. The minimum absolute atomic E-state index is 0.384. The minimum Gasteiger partial charge on any atom is -0.314 e. The highest BCUT2D eigenvalue weighted by Crippen LogP contribution is 2.24. The van der Waals surface area contributed by atoms with Gasteiger partial charge >= 0.3 is 0 Å². The fourth-order valence-corrected chi connectivity index (χ4v) is 4.28. The number of nitrogens with zero attached hydrogens (tertiary/aromatic N) is 1. The second-order valence-electron chi connectivity index (χ2n) is 7.74. The molecule has 0 aliphatic carbocycles. The molecule has 1 heterocycles. The van der Waals surface area contributed by atoms with E-state index in [9.17, 15) is 4.79 Å². The summed E-state index contributed by atoms with van der Waals surface area (Å²) in [6.07, 6.45) is 4.36. The highest BCUT2D eigenvalue weighted by atomic mass is 16.1. The Bertz CT molecular complexity index is 694. The van der Waals surface area contributed by atoms with Crippen LogP contribution in [0.2, 0.25) is 0 Å². The van der Waals surface area contributed by atoms with E-state index < -0.39 is 0 Å². The van der Waals surface area contributed by atoms with Crippen molar-refractivity contribution in [3.63, 3.8) is 0 Å². The van der Waals surface area contributed by atoms with E-state index in [-0.39, 0.29) is 0 Å². The SMILES string of the molecule is Cc1cccc(C)c1CC(=O)C[N+]1(Cc2ccccc2)CCCCC1. The quantitative estimate of drug-likeness (QED) is 0.704. The lowest BCUT2D eigenvalue weighted by Crippen LogP contribution is -2.53. The summed E-state index contributed by atoms with van der Waals surface area (Å²) >= 11 is 0. The summed E-state index contributed by atoms with van der Waals surface area (Å²) < 4.78 is 0.938. The number of Topliss-reactive ketones (excluding diaryl/α,β-unsaturated/α-hetero) is 1. The third-order valence-electron chi connectivity index (χ3n) is 5.66. The number of hydrogen-bond donors (Lipinski definition) is 0. The van der Waals surface area contributed by atoms with Gasteiger partial charge < -0.3 is 4.48 Å². The summed E-state index contributed by atoms with van der Waals surface area (Å²) in [5, 5.41) is 0. The van der Waals surface area contributed by atoms with E-state index in [0.717, 1.165) is 24.1 Å². The fourth-order valence-electron chi connectivity index (χ4n) is 4.28. The number of quaternary nitrogens is 1. The molecule has 2 nitrogen and oxygen atoms in total. The number of piperidine rings is 1. The van der Waals surface area contributed by atoms with Gasteiger partial charge in [0, 0.05) is 12.0 Å². The molecule has 0 bridgehead atoms. The molecule has 0 radical (unpaired) electrons. The van der Waals surface area contributed by atoms with E-state index in [1.165, 1.54) is 41.5 Å². The molecule has 0 spiro atoms. The number of likely N-dealkylation sites (tertiary alicyclic amines) is 1. The first kappa shape index (κ1) is 17.9. The van der Waals surface area contributed by atoms with Crippen molar-refractivity contribution in [2.45, 2.75) is 46.1 Å². The van der Waals surface area contributed by atoms with E-state index in [2.05, 4.69) is 62.4 Å². The van der Waals surface area contributed by atoms with Gasteiger partial charge in [-0.2, -0.15) is 0 Å². The van der Waals surface area contributed by atoms with Crippen LogP contribution in [0.1, 0.15) is 41.5 Å². The van der Waals surface area contributed by atoms with Crippen LogP contribution in [-0.4, -0.2) is 29.9 Å². The second-order valence-corrected chi connectivity index (χ2v) is 7.74. The van der Waals surface area contributed by atoms with Crippen LogP contribution >= 0.6 is 0 Å². The van der Waals surface area contributed by atoms with Gasteiger partial charge in [0.1, 0.15) is 13.1 Å². The molecule has 0 N–H and O–H groups in total. The van der Waals surface area contributed by atoms with E-state index in [1.54, 1.807) is 0 Å². The van der Waals surface area contributed by atoms with Crippen LogP contribution in [0, 0.1) is 13.8 Å². The predicted molar refractivity (Wildman–Crippen MR) is 103 cm³/mol. The Morgan fingerprint density at radius 2 is 1.52 bits per heavy atom. The molecule has 3 rings (SSSR count). The Kier molecular flexibility index (Phi) is 5.70. The van der Waals surface area contributed by atoms with Gasteiger partial charge in [-0.15, -0.1) is 0 Å². The van der Waals surface area contributed by atoms with Gasteiger partial charge in [0.15, 0.2) is 5.78 Å². The summed E-state index contributed by atoms with van der Waals surface area (Å²) in [6, 6.07) is 17.0. The molecule has 0 unspecified atom stereocenters. The molecule has 1 aliphatic rings. The molecule has 132 valence electrons. The summed E-state index contributed by atoms with van der Waals surface area (Å²) in [4.78, 5) is 13.0. The molecule has 0 atom stereocenters. The number of carbonyl (C=O) groups excluding carboxylic acids is 1. The third kappa shape index (κ3) is 4.58. The van der Waals surface area contributed by atoms with Crippen LogP contribution < -0.4 is 0 Å². The summed E-state index contributed by atoms with van der Waals surface area (Å²) in [6.45, 7) is 8.15. The molecule has 1 fully saturated rings. The first-order valence-electron chi connectivity index (χ1n) is 9.54. The average molecular weight is 336 g/mol. The number of benzene rings is 2. The molecular formula is C23H30NO+. The molecule has 1 aliphatic heterocycles. The van der Waals surface area contributed by atoms with Gasteiger partial charge in [0.05, 0.1) is 13.1 Å². The van der Waals surface area contributed by atoms with Crippen LogP contribution in [0.3, 0.4) is 0 Å². The maximum atomic E-state index is 13.0. The normalized spacial score (nSPS) is 16.6. The number of aryl methyl sites for hydroxylation is 2. The number of rotatable bonds is 6. The van der Waals surface area contributed by atoms with Crippen molar-refractivity contribution in [2.24, 2.45) is 0 Å². The Morgan fingerprint density at radius 1 is 0.880 bits per heavy atom. The lowest BCUT2D eigenvalue weighted by atomic mass is 9.96. The Morgan fingerprint density at radius 3 is 2.16 bits per heavy atom. The maximum absolute atomic E-state index is 13.0. The minimum atomic E-state index is 0.384. The predicted octanol–water partition coefficient (Wildman–Crippen LogP) is 4.62. The van der Waals surface area contributed by atoms with Crippen molar-refractivity contribution in [1.82, 2.24) is 0 Å². The molecule has 0 amide bonds. The highest BCUT2D eigenvalue weighted by molar-refractivity contribution is 5.82. The van der Waals surface area contributed by atoms with Gasteiger partial charge in [-0.1, -0.05) is 48.5 Å². The van der Waals surface area contributed by atoms with Crippen molar-refractivity contribution >= 4 is 5.78 Å². The molecule has 25 heavy (non-hydrogen) atoms. The van der Waals surface area contributed by atoms with E-state index >= 15 is 0 Å². The van der Waals surface area contributed by atoms with Crippen molar-refractivity contribution in [2.75, 3.05) is 19.6 Å². The van der Waals surface area contributed by atoms with Gasteiger partial charge in [0.2, 0.25) is 0 Å². The smallest absolute Gasteiger partial charge is 0.191 e. The summed E-state index contributed by atoms with van der Waals surface area (Å²) in [5.41, 5.74) is 5.05. The van der Waals surface area contributed by atoms with E-state index in [1.807, 2.05) is 0 Å². The third-order valence-corrected chi connectivity index (χ3v) is 5.66. The Labute approximate surface area is 152 Å². The lowest BCUT2D eigenvalue weighted by Gasteiger charge is -2.41. The average Bonchev–Trinajstić information content (AvgIpc) is 2.60. The second kappa shape index (κ2) is 7.97. The first-order chi connectivity index (χ1) is 12.1. The topological polar surface area (TPSA) is 17.1 Å². The standard InChI is InChI=1S/C23H30NO/c1-19-10-9-11-20(2)23(19)16-22(25)18-24(14-7-4-8-15-24)17-21-12-5-3-6-13-21/h3,5-6,9-13H,4,7-8,14-18H2,1-2H3/q+1. The van der Waals surface area contributed by atoms with E-state index in [0.29, 0.717) is 18.7 Å². The van der Waals surface area contributed by atoms with Crippen molar-refractivity contribution in [3.8, 4) is 0 Å². The molecule has 1 saturated heterocycles. The zero-order valence-electron chi connectivity index (χ0n) is 15.6. The number of ketones is 1. The maximum Gasteiger partial charge on any atom is 0.191 e. The largest absolute Gasteiger partial charge is 0.314 e. The molecule has 0 saturated carbocycles. The number of hydrogen-bond acceptors (Lipinski definition) is 1. The van der Waals surface area contributed by atoms with Crippen molar-refractivity contribution in [3.05, 3.63) is 70.8 Å². The van der Waals surface area contributed by atoms with E-state index in [4.69, 9.17) is 0 Å². The molecule has 0 aromatic heterocycles. The number of carbonyl (C=O) groups is 1. The fraction of sp³-hybridized carbons (Fsp3) is 0.435. The van der Waals surface area contributed by atoms with Crippen LogP contribution in [0.15, 0.2) is 48.5 Å². The van der Waals surface area contributed by atoms with Crippen molar-refractivity contribution in [1.29, 1.82) is 0 Å². The van der Waals surface area contributed by atoms with Crippen molar-refractivity contribution < 1.29 is 9.28 Å². The van der Waals surface area contributed by atoms with Gasteiger partial charge in [-0.05, 0) is 49.8 Å². The van der Waals surface area contributed by atoms with Gasteiger partial charge in [-0.3, -0.25) is 4.79 Å². The summed E-state index contributed by atoms with van der Waals surface area (Å²) in [7, 11) is 0. The highest BCUT2D eigenvalue weighted by Gasteiger charge is 2.32. The zero-order chi connectivity index (χ0) is 17.7. The van der Waals surface area contributed by atoms with Crippen LogP contribution in [0.5, 0.6) is 0 Å². The van der Waals surface area contributed by atoms with Gasteiger partial charge in [-0.25, -0.2) is 0 Å². The van der Waals surface area contributed by atoms with Gasteiger partial charge in [0.25, 0.3) is 0 Å². The van der Waals surface area contributed by atoms with Crippen LogP contribution in [0.4, 0.5) is 0 Å².